The predicted octanol–water partition coefficient (Wildman–Crippen LogP) is 2.77. The summed E-state index contributed by atoms with van der Waals surface area (Å²) in [5.41, 5.74) is 3.19. The van der Waals surface area contributed by atoms with Gasteiger partial charge in [-0.3, -0.25) is 9.48 Å². The van der Waals surface area contributed by atoms with Gasteiger partial charge in [0.05, 0.1) is 11.7 Å². The predicted molar refractivity (Wildman–Crippen MR) is 79.3 cm³/mol. The molecule has 0 saturated heterocycles. The number of carbonyl (C=O) groups excluding carboxylic acids is 1. The average molecular weight is 271 g/mol. The lowest BCUT2D eigenvalue weighted by atomic mass is 10.1. The Labute approximate surface area is 119 Å². The molecule has 1 aromatic heterocycles. The Morgan fingerprint density at radius 1 is 1.30 bits per heavy atom. The molecular formula is C16H21N3O. The molecule has 106 valence electrons. The summed E-state index contributed by atoms with van der Waals surface area (Å²) in [5, 5.41) is 7.37. The Kier molecular flexibility index (Phi) is 4.56. The van der Waals surface area contributed by atoms with Crippen LogP contribution in [0.15, 0.2) is 36.4 Å². The first kappa shape index (κ1) is 14.3. The summed E-state index contributed by atoms with van der Waals surface area (Å²) in [6, 6.07) is 12.0. The Morgan fingerprint density at radius 2 is 2.00 bits per heavy atom. The topological polar surface area (TPSA) is 46.9 Å². The van der Waals surface area contributed by atoms with Crippen LogP contribution >= 0.6 is 0 Å². The second kappa shape index (κ2) is 6.37. The molecule has 1 aromatic carbocycles. The summed E-state index contributed by atoms with van der Waals surface area (Å²) in [7, 11) is 0. The zero-order valence-electron chi connectivity index (χ0n) is 12.3. The highest BCUT2D eigenvalue weighted by Crippen LogP contribution is 2.11. The molecule has 0 aliphatic rings. The minimum absolute atomic E-state index is 0.0316. The molecule has 20 heavy (non-hydrogen) atoms. The van der Waals surface area contributed by atoms with Crippen LogP contribution in [0.1, 0.15) is 36.3 Å². The summed E-state index contributed by atoms with van der Waals surface area (Å²) in [4.78, 5) is 12.0. The van der Waals surface area contributed by atoms with Gasteiger partial charge in [-0.2, -0.15) is 5.10 Å². The molecule has 0 bridgehead atoms. The van der Waals surface area contributed by atoms with E-state index in [4.69, 9.17) is 0 Å². The van der Waals surface area contributed by atoms with Gasteiger partial charge in [0.2, 0.25) is 5.91 Å². The van der Waals surface area contributed by atoms with Crippen LogP contribution in [0.5, 0.6) is 0 Å². The molecule has 1 N–H and O–H groups in total. The van der Waals surface area contributed by atoms with E-state index in [1.807, 2.05) is 61.9 Å². The number of hydrogen-bond donors (Lipinski definition) is 1. The molecular weight excluding hydrogens is 250 g/mol. The van der Waals surface area contributed by atoms with E-state index in [1.165, 1.54) is 0 Å². The van der Waals surface area contributed by atoms with E-state index in [0.717, 1.165) is 17.0 Å². The van der Waals surface area contributed by atoms with Crippen molar-refractivity contribution in [3.63, 3.8) is 0 Å². The Bertz CT molecular complexity index is 575. The van der Waals surface area contributed by atoms with Gasteiger partial charge in [0.25, 0.3) is 0 Å². The van der Waals surface area contributed by atoms with Gasteiger partial charge in [-0.25, -0.2) is 0 Å². The van der Waals surface area contributed by atoms with Crippen molar-refractivity contribution in [2.75, 3.05) is 0 Å². The van der Waals surface area contributed by atoms with Crippen molar-refractivity contribution in [3.05, 3.63) is 53.3 Å². The molecule has 2 rings (SSSR count). The lowest BCUT2D eigenvalue weighted by Crippen LogP contribution is -2.27. The van der Waals surface area contributed by atoms with E-state index in [0.29, 0.717) is 13.0 Å². The van der Waals surface area contributed by atoms with E-state index in [-0.39, 0.29) is 11.9 Å². The SMILES string of the molecule is Cc1cc(C)n(CCC(=O)NC(C)c2ccccc2)n1. The van der Waals surface area contributed by atoms with Crippen molar-refractivity contribution >= 4 is 5.91 Å². The van der Waals surface area contributed by atoms with Crippen LogP contribution in [-0.2, 0) is 11.3 Å². The largest absolute Gasteiger partial charge is 0.350 e. The molecule has 0 aliphatic carbocycles. The molecule has 1 amide bonds. The van der Waals surface area contributed by atoms with Crippen molar-refractivity contribution in [1.82, 2.24) is 15.1 Å². The first-order valence-electron chi connectivity index (χ1n) is 6.91. The zero-order chi connectivity index (χ0) is 14.5. The smallest absolute Gasteiger partial charge is 0.222 e. The Hall–Kier alpha value is -2.10. The number of rotatable bonds is 5. The van der Waals surface area contributed by atoms with Gasteiger partial charge in [0, 0.05) is 18.7 Å². The molecule has 0 spiro atoms. The highest BCUT2D eigenvalue weighted by Gasteiger charge is 2.10. The summed E-state index contributed by atoms with van der Waals surface area (Å²) in [6.07, 6.45) is 0.444. The highest BCUT2D eigenvalue weighted by atomic mass is 16.1. The van der Waals surface area contributed by atoms with E-state index < -0.39 is 0 Å². The normalized spacial score (nSPS) is 12.2. The summed E-state index contributed by atoms with van der Waals surface area (Å²) in [5.74, 6) is 0.0499. The lowest BCUT2D eigenvalue weighted by Gasteiger charge is -2.14. The zero-order valence-corrected chi connectivity index (χ0v) is 12.3. The molecule has 1 heterocycles. The first-order valence-corrected chi connectivity index (χ1v) is 6.91. The molecule has 1 unspecified atom stereocenters. The van der Waals surface area contributed by atoms with E-state index in [9.17, 15) is 4.79 Å². The maximum Gasteiger partial charge on any atom is 0.222 e. The van der Waals surface area contributed by atoms with E-state index in [1.54, 1.807) is 0 Å². The molecule has 0 aliphatic heterocycles. The quantitative estimate of drug-likeness (QED) is 0.909. The van der Waals surface area contributed by atoms with E-state index in [2.05, 4.69) is 10.4 Å². The van der Waals surface area contributed by atoms with Gasteiger partial charge < -0.3 is 5.32 Å². The fraction of sp³-hybridized carbons (Fsp3) is 0.375. The van der Waals surface area contributed by atoms with Crippen LogP contribution in [0.25, 0.3) is 0 Å². The van der Waals surface area contributed by atoms with Crippen LogP contribution in [0.2, 0.25) is 0 Å². The van der Waals surface area contributed by atoms with Gasteiger partial charge in [0.15, 0.2) is 0 Å². The molecule has 4 heteroatoms. The number of aromatic nitrogens is 2. The fourth-order valence-electron chi connectivity index (χ4n) is 2.25. The monoisotopic (exact) mass is 271 g/mol. The fourth-order valence-corrected chi connectivity index (χ4v) is 2.25. The number of nitrogens with one attached hydrogen (secondary N) is 1. The van der Waals surface area contributed by atoms with E-state index >= 15 is 0 Å². The van der Waals surface area contributed by atoms with Crippen molar-refractivity contribution < 1.29 is 4.79 Å². The van der Waals surface area contributed by atoms with Crippen LogP contribution in [0.4, 0.5) is 0 Å². The number of carbonyl (C=O) groups is 1. The third kappa shape index (κ3) is 3.70. The number of nitrogens with zero attached hydrogens (tertiary/aromatic N) is 2. The number of amides is 1. The van der Waals surface area contributed by atoms with Crippen molar-refractivity contribution in [1.29, 1.82) is 0 Å². The Balaban J connectivity index is 1.85. The number of hydrogen-bond acceptors (Lipinski definition) is 2. The van der Waals surface area contributed by atoms with Gasteiger partial charge in [-0.15, -0.1) is 0 Å². The van der Waals surface area contributed by atoms with Gasteiger partial charge in [0.1, 0.15) is 0 Å². The van der Waals surface area contributed by atoms with Gasteiger partial charge in [-0.05, 0) is 32.4 Å². The van der Waals surface area contributed by atoms with Crippen LogP contribution in [0, 0.1) is 13.8 Å². The third-order valence-electron chi connectivity index (χ3n) is 3.33. The summed E-state index contributed by atoms with van der Waals surface area (Å²) < 4.78 is 1.88. The Morgan fingerprint density at radius 3 is 2.60 bits per heavy atom. The lowest BCUT2D eigenvalue weighted by molar-refractivity contribution is -0.122. The first-order chi connectivity index (χ1) is 9.56. The van der Waals surface area contributed by atoms with Crippen molar-refractivity contribution in [2.45, 2.75) is 39.8 Å². The second-order valence-electron chi connectivity index (χ2n) is 5.10. The summed E-state index contributed by atoms with van der Waals surface area (Å²) in [6.45, 7) is 6.58. The molecule has 4 nitrogen and oxygen atoms in total. The highest BCUT2D eigenvalue weighted by molar-refractivity contribution is 5.76. The average Bonchev–Trinajstić information content (AvgIpc) is 2.75. The van der Waals surface area contributed by atoms with Crippen LogP contribution < -0.4 is 5.32 Å². The number of aryl methyl sites for hydroxylation is 3. The minimum atomic E-state index is 0.0316. The van der Waals surface area contributed by atoms with Crippen LogP contribution in [0.3, 0.4) is 0 Å². The molecule has 0 radical (unpaired) electrons. The molecule has 0 saturated carbocycles. The van der Waals surface area contributed by atoms with Crippen molar-refractivity contribution in [3.8, 4) is 0 Å². The third-order valence-corrected chi connectivity index (χ3v) is 3.33. The summed E-state index contributed by atoms with van der Waals surface area (Å²) >= 11 is 0. The molecule has 1 atom stereocenters. The van der Waals surface area contributed by atoms with Gasteiger partial charge in [-0.1, -0.05) is 30.3 Å². The second-order valence-corrected chi connectivity index (χ2v) is 5.10. The maximum atomic E-state index is 12.0. The number of benzene rings is 1. The van der Waals surface area contributed by atoms with Crippen LogP contribution in [-0.4, -0.2) is 15.7 Å². The van der Waals surface area contributed by atoms with Crippen molar-refractivity contribution in [2.24, 2.45) is 0 Å². The van der Waals surface area contributed by atoms with Gasteiger partial charge >= 0.3 is 0 Å². The molecule has 0 fully saturated rings. The minimum Gasteiger partial charge on any atom is -0.350 e. The standard InChI is InChI=1S/C16H21N3O/c1-12-11-13(2)19(18-12)10-9-16(20)17-14(3)15-7-5-4-6-8-15/h4-8,11,14H,9-10H2,1-3H3,(H,17,20). The maximum absolute atomic E-state index is 12.0. The molecule has 2 aromatic rings.